The van der Waals surface area contributed by atoms with Gasteiger partial charge in [0.2, 0.25) is 22.1 Å². The molecule has 0 spiro atoms. The second kappa shape index (κ2) is 16.8. The monoisotopic (exact) mass is 926 g/mol. The molecule has 0 aliphatic carbocycles. The van der Waals surface area contributed by atoms with E-state index in [9.17, 15) is 26.4 Å². The maximum atomic E-state index is 13.9. The Kier molecular flexibility index (Phi) is 13.4. The number of rotatable bonds is 12. The molecule has 25 heteroatoms. The van der Waals surface area contributed by atoms with Crippen molar-refractivity contribution in [2.45, 2.75) is 29.1 Å². The number of nitrogens with one attached hydrogen (secondary N) is 2. The Balaban J connectivity index is 1.49. The number of aromatic nitrogens is 4. The van der Waals surface area contributed by atoms with E-state index in [1.165, 1.54) is 24.1 Å². The second-order valence-electron chi connectivity index (χ2n) is 10.7. The van der Waals surface area contributed by atoms with Gasteiger partial charge in [0.15, 0.2) is 11.6 Å². The highest BCUT2D eigenvalue weighted by molar-refractivity contribution is 7.99. The Morgan fingerprint density at radius 3 is 2.02 bits per heavy atom. The molecule has 1 saturated heterocycles. The van der Waals surface area contributed by atoms with Crippen LogP contribution in [0.1, 0.15) is 30.1 Å². The van der Waals surface area contributed by atoms with E-state index in [-0.39, 0.29) is 71.5 Å². The van der Waals surface area contributed by atoms with Gasteiger partial charge in [-0.25, -0.2) is 26.8 Å². The molecule has 1 unspecified atom stereocenters. The molecular weight excluding hydrogens is 905 g/mol. The summed E-state index contributed by atoms with van der Waals surface area (Å²) in [6.07, 6.45) is -0.122. The highest BCUT2D eigenvalue weighted by Gasteiger charge is 2.37. The van der Waals surface area contributed by atoms with Crippen molar-refractivity contribution < 1.29 is 26.4 Å². The van der Waals surface area contributed by atoms with E-state index in [1.54, 1.807) is 23.6 Å². The van der Waals surface area contributed by atoms with Gasteiger partial charge >= 0.3 is 0 Å². The van der Waals surface area contributed by atoms with Crippen molar-refractivity contribution in [2.75, 3.05) is 47.6 Å². The molecule has 1 aliphatic rings. The van der Waals surface area contributed by atoms with Gasteiger partial charge in [0.1, 0.15) is 15.7 Å². The van der Waals surface area contributed by atoms with Crippen LogP contribution in [-0.4, -0.2) is 95.4 Å². The van der Waals surface area contributed by atoms with E-state index in [4.69, 9.17) is 69.6 Å². The summed E-state index contributed by atoms with van der Waals surface area (Å²) in [5.41, 5.74) is -0.224. The highest BCUT2D eigenvalue weighted by Crippen LogP contribution is 2.44. The number of hydrogen-bond acceptors (Lipinski definition) is 13. The fourth-order valence-electron chi connectivity index (χ4n) is 4.77. The Hall–Kier alpha value is -1.91. The van der Waals surface area contributed by atoms with Gasteiger partial charge in [0.05, 0.1) is 26.5 Å². The van der Waals surface area contributed by atoms with Crippen molar-refractivity contribution in [1.82, 2.24) is 28.5 Å². The minimum absolute atomic E-state index is 0.106. The topological polar surface area (TPSA) is 185 Å². The minimum atomic E-state index is -4.63. The van der Waals surface area contributed by atoms with Crippen molar-refractivity contribution >= 4 is 147 Å². The predicted molar refractivity (Wildman–Crippen MR) is 207 cm³/mol. The molecule has 2 aromatic heterocycles. The molecule has 52 heavy (non-hydrogen) atoms. The first-order chi connectivity index (χ1) is 24.4. The number of hydrogen-bond donors (Lipinski definition) is 2. The van der Waals surface area contributed by atoms with Crippen molar-refractivity contribution in [3.8, 4) is 0 Å². The molecule has 0 radical (unpaired) electrons. The summed E-state index contributed by atoms with van der Waals surface area (Å²) in [6, 6.07) is 3.47. The zero-order valence-corrected chi connectivity index (χ0v) is 35.1. The van der Waals surface area contributed by atoms with Crippen molar-refractivity contribution in [2.24, 2.45) is 0 Å². The number of sulfonamides is 2. The minimum Gasteiger partial charge on any atom is -0.345 e. The molecule has 2 aromatic carbocycles. The number of amides is 2. The van der Waals surface area contributed by atoms with Crippen LogP contribution in [0.4, 0.5) is 10.3 Å². The van der Waals surface area contributed by atoms with Gasteiger partial charge in [-0.3, -0.25) is 19.0 Å². The third-order valence-corrected chi connectivity index (χ3v) is 15.0. The highest BCUT2D eigenvalue weighted by atomic mass is 35.5. The molecule has 0 bridgehead atoms. The number of nitrogens with zero attached hydrogens (tertiary/aromatic N) is 6. The lowest BCUT2D eigenvalue weighted by atomic mass is 9.96. The number of thioether (sulfide) groups is 1. The standard InChI is InChI=1S/C27H24Cl6N8O6S5/c1-3-40(2)25(43)20(24-35-27(50-37-24)39-51(44,45)22-14(30)8-12(28)9-15(22)31)19-13(29)10-16(32)23(21(19)33)52(46,47)38-26-34-17(36-49-26)11-18(42)41-4-6-48-7-5-41/h8-10,20H,3-7,11H2,1-2H3,(H,34,36,38)(H,35,37,39). The average Bonchev–Trinajstić information content (AvgIpc) is 3.69. The first kappa shape index (κ1) is 41.3. The summed E-state index contributed by atoms with van der Waals surface area (Å²) in [5.74, 6) is -0.893. The van der Waals surface area contributed by atoms with Crippen LogP contribution in [0, 0.1) is 0 Å². The number of carbonyl (C=O) groups is 2. The summed E-state index contributed by atoms with van der Waals surface area (Å²) in [6.45, 7) is 3.08. The zero-order chi connectivity index (χ0) is 38.1. The first-order valence-electron chi connectivity index (χ1n) is 14.6. The number of halogens is 6. The number of benzene rings is 2. The van der Waals surface area contributed by atoms with Crippen molar-refractivity contribution in [3.63, 3.8) is 0 Å². The molecule has 3 heterocycles. The third-order valence-electron chi connectivity index (χ3n) is 7.33. The Morgan fingerprint density at radius 1 is 0.846 bits per heavy atom. The number of anilines is 2. The number of likely N-dealkylation sites (N-methyl/N-ethyl adjacent to an activating group) is 1. The maximum Gasteiger partial charge on any atom is 0.266 e. The molecule has 2 N–H and O–H groups in total. The molecular formula is C27H24Cl6N8O6S5. The third kappa shape index (κ3) is 9.13. The zero-order valence-electron chi connectivity index (χ0n) is 26.5. The Morgan fingerprint density at radius 2 is 1.40 bits per heavy atom. The van der Waals surface area contributed by atoms with Crippen LogP contribution < -0.4 is 9.44 Å². The van der Waals surface area contributed by atoms with Gasteiger partial charge in [-0.05, 0) is 25.1 Å². The van der Waals surface area contributed by atoms with Crippen molar-refractivity contribution in [3.05, 3.63) is 65.5 Å². The van der Waals surface area contributed by atoms with Crippen LogP contribution in [0.5, 0.6) is 0 Å². The van der Waals surface area contributed by atoms with E-state index < -0.39 is 46.7 Å². The first-order valence-corrected chi connectivity index (χ1v) is 22.5. The molecule has 14 nitrogen and oxygen atoms in total. The molecule has 5 rings (SSSR count). The van der Waals surface area contributed by atoms with Gasteiger partial charge in [0.25, 0.3) is 20.0 Å². The van der Waals surface area contributed by atoms with Gasteiger partial charge in [-0.2, -0.15) is 20.5 Å². The molecule has 0 saturated carbocycles. The van der Waals surface area contributed by atoms with Crippen LogP contribution in [0.25, 0.3) is 0 Å². The van der Waals surface area contributed by atoms with Gasteiger partial charge in [0, 0.05) is 76.9 Å². The van der Waals surface area contributed by atoms with E-state index in [0.29, 0.717) is 36.2 Å². The van der Waals surface area contributed by atoms with Gasteiger partial charge in [-0.15, -0.1) is 0 Å². The lowest BCUT2D eigenvalue weighted by Crippen LogP contribution is -2.38. The van der Waals surface area contributed by atoms with Crippen LogP contribution in [0.3, 0.4) is 0 Å². The summed E-state index contributed by atoms with van der Waals surface area (Å²) < 4.78 is 66.9. The predicted octanol–water partition coefficient (Wildman–Crippen LogP) is 6.64. The summed E-state index contributed by atoms with van der Waals surface area (Å²) in [7, 11) is -7.61. The fraction of sp³-hybridized carbons (Fsp3) is 0.333. The van der Waals surface area contributed by atoms with Crippen LogP contribution >= 0.6 is 104 Å². The fourth-order valence-corrected chi connectivity index (χ4v) is 12.6. The Labute approximate surface area is 340 Å². The number of carbonyl (C=O) groups excluding carboxylic acids is 2. The molecule has 1 fully saturated rings. The average molecular weight is 930 g/mol. The quantitative estimate of drug-likeness (QED) is 0.155. The normalized spacial score (nSPS) is 14.3. The van der Waals surface area contributed by atoms with Crippen LogP contribution in [0.2, 0.25) is 30.1 Å². The lowest BCUT2D eigenvalue weighted by molar-refractivity contribution is -0.131. The Bertz CT molecular complexity index is 2230. The molecule has 1 aliphatic heterocycles. The second-order valence-corrected chi connectivity index (χ2v) is 19.1. The van der Waals surface area contributed by atoms with E-state index in [0.717, 1.165) is 17.6 Å². The van der Waals surface area contributed by atoms with Gasteiger partial charge < -0.3 is 9.80 Å². The smallest absolute Gasteiger partial charge is 0.266 e. The summed E-state index contributed by atoms with van der Waals surface area (Å²) in [4.78, 5) is 36.8. The molecule has 1 atom stereocenters. The van der Waals surface area contributed by atoms with Crippen LogP contribution in [0.15, 0.2) is 28.0 Å². The lowest BCUT2D eigenvalue weighted by Gasteiger charge is -2.25. The van der Waals surface area contributed by atoms with E-state index in [1.807, 2.05) is 0 Å². The van der Waals surface area contributed by atoms with Crippen LogP contribution in [-0.2, 0) is 36.1 Å². The summed E-state index contributed by atoms with van der Waals surface area (Å²) >= 11 is 41.0. The maximum absolute atomic E-state index is 13.9. The van der Waals surface area contributed by atoms with Crippen molar-refractivity contribution in [1.29, 1.82) is 0 Å². The molecule has 4 aromatic rings. The molecule has 280 valence electrons. The largest absolute Gasteiger partial charge is 0.345 e. The van der Waals surface area contributed by atoms with E-state index >= 15 is 0 Å². The summed E-state index contributed by atoms with van der Waals surface area (Å²) in [5, 5.41) is -2.01. The SMILES string of the molecule is CCN(C)C(=O)C(c1nsc(NS(=O)(=O)c2c(Cl)cc(Cl)cc2Cl)n1)c1c(Cl)cc(Cl)c(S(=O)(=O)Nc2nc(CC(=O)N3CCSCC3)ns2)c1Cl. The van der Waals surface area contributed by atoms with E-state index in [2.05, 4.69) is 28.2 Å². The molecule has 2 amide bonds. The van der Waals surface area contributed by atoms with Gasteiger partial charge in [-0.1, -0.05) is 69.6 Å².